The first-order valence-electron chi connectivity index (χ1n) is 8.47. The molecule has 0 amide bonds. The SMILES string of the molecule is COCC(Cl)c1nsc(S[C@H](C)[C@](O)(Cn2cncn2)c2ccc(F)cc2F)n1. The fourth-order valence-corrected chi connectivity index (χ4v) is 5.02. The van der Waals surface area contributed by atoms with Crippen molar-refractivity contribution in [3.8, 4) is 0 Å². The van der Waals surface area contributed by atoms with Crippen LogP contribution in [0.15, 0.2) is 35.2 Å². The minimum absolute atomic E-state index is 0.0475. The normalized spacial score (nSPS) is 15.8. The summed E-state index contributed by atoms with van der Waals surface area (Å²) in [5.41, 5.74) is -1.77. The van der Waals surface area contributed by atoms with E-state index in [4.69, 9.17) is 16.3 Å². The van der Waals surface area contributed by atoms with Gasteiger partial charge >= 0.3 is 0 Å². The van der Waals surface area contributed by atoms with Gasteiger partial charge in [-0.1, -0.05) is 17.8 Å². The van der Waals surface area contributed by atoms with Crippen LogP contribution in [0.25, 0.3) is 0 Å². The lowest BCUT2D eigenvalue weighted by Gasteiger charge is -2.33. The van der Waals surface area contributed by atoms with Crippen LogP contribution >= 0.6 is 34.9 Å². The molecule has 0 saturated heterocycles. The average Bonchev–Trinajstić information content (AvgIpc) is 3.33. The standard InChI is InChI=1S/C17H18ClF2N5O2S2/c1-10(28-16-23-15(24-29-16)13(18)6-27-2)17(26,7-25-9-21-8-22-25)12-4-3-11(19)5-14(12)20/h3-5,8-10,13,26H,6-7H2,1-2H3/t10-,13?,17-/m1/s1. The van der Waals surface area contributed by atoms with Crippen molar-refractivity contribution >= 4 is 34.9 Å². The van der Waals surface area contributed by atoms with E-state index in [1.807, 2.05) is 0 Å². The number of ether oxygens (including phenoxy) is 1. The Kier molecular flexibility index (Phi) is 7.17. The van der Waals surface area contributed by atoms with Crippen LogP contribution in [-0.4, -0.2) is 48.2 Å². The summed E-state index contributed by atoms with van der Waals surface area (Å²) in [4.78, 5) is 8.22. The predicted octanol–water partition coefficient (Wildman–Crippen LogP) is 3.40. The molecular formula is C17H18ClF2N5O2S2. The van der Waals surface area contributed by atoms with Crippen molar-refractivity contribution in [2.24, 2.45) is 0 Å². The van der Waals surface area contributed by atoms with E-state index in [2.05, 4.69) is 19.4 Å². The maximum Gasteiger partial charge on any atom is 0.170 e. The summed E-state index contributed by atoms with van der Waals surface area (Å²) in [6, 6.07) is 3.08. The van der Waals surface area contributed by atoms with Gasteiger partial charge in [-0.3, -0.25) is 0 Å². The fourth-order valence-electron chi connectivity index (χ4n) is 2.70. The topological polar surface area (TPSA) is 86.0 Å². The van der Waals surface area contributed by atoms with E-state index in [1.165, 1.54) is 42.3 Å². The van der Waals surface area contributed by atoms with Gasteiger partial charge in [-0.15, -0.1) is 11.6 Å². The third-order valence-corrected chi connectivity index (χ3v) is 6.63. The molecular weight excluding hydrogens is 444 g/mol. The second-order valence-electron chi connectivity index (χ2n) is 6.24. The molecule has 2 aromatic heterocycles. The number of aromatic nitrogens is 5. The van der Waals surface area contributed by atoms with E-state index in [9.17, 15) is 13.9 Å². The summed E-state index contributed by atoms with van der Waals surface area (Å²) >= 11 is 8.50. The number of hydrogen-bond acceptors (Lipinski definition) is 8. The first kappa shape index (κ1) is 22.0. The van der Waals surface area contributed by atoms with Gasteiger partial charge in [0.25, 0.3) is 0 Å². The van der Waals surface area contributed by atoms with E-state index >= 15 is 0 Å². The van der Waals surface area contributed by atoms with Crippen molar-refractivity contribution in [3.63, 3.8) is 0 Å². The van der Waals surface area contributed by atoms with Gasteiger partial charge in [-0.05, 0) is 24.5 Å². The molecule has 1 N–H and O–H groups in total. The van der Waals surface area contributed by atoms with Crippen molar-refractivity contribution in [1.82, 2.24) is 24.1 Å². The number of thioether (sulfide) groups is 1. The fraction of sp³-hybridized carbons (Fsp3) is 0.412. The molecule has 3 rings (SSSR count). The lowest BCUT2D eigenvalue weighted by atomic mass is 9.90. The molecule has 0 spiro atoms. The third kappa shape index (κ3) is 5.10. The molecule has 0 fully saturated rings. The molecule has 0 aliphatic heterocycles. The first-order chi connectivity index (χ1) is 13.8. The van der Waals surface area contributed by atoms with E-state index in [0.717, 1.165) is 23.7 Å². The number of halogens is 3. The molecule has 7 nitrogen and oxygen atoms in total. The van der Waals surface area contributed by atoms with Crippen molar-refractivity contribution < 1.29 is 18.6 Å². The van der Waals surface area contributed by atoms with Gasteiger partial charge < -0.3 is 9.84 Å². The molecule has 3 atom stereocenters. The van der Waals surface area contributed by atoms with Gasteiger partial charge in [-0.2, -0.15) is 9.47 Å². The molecule has 29 heavy (non-hydrogen) atoms. The van der Waals surface area contributed by atoms with E-state index in [1.54, 1.807) is 6.92 Å². The summed E-state index contributed by atoms with van der Waals surface area (Å²) in [6.45, 7) is 1.89. The number of nitrogens with zero attached hydrogens (tertiary/aromatic N) is 5. The number of hydrogen-bond donors (Lipinski definition) is 1. The van der Waals surface area contributed by atoms with Gasteiger partial charge in [0, 0.05) is 24.0 Å². The Bertz CT molecular complexity index is 946. The molecule has 0 saturated carbocycles. The smallest absolute Gasteiger partial charge is 0.170 e. The highest BCUT2D eigenvalue weighted by Gasteiger charge is 2.40. The average molecular weight is 462 g/mol. The highest BCUT2D eigenvalue weighted by Crippen LogP contribution is 2.40. The van der Waals surface area contributed by atoms with Gasteiger partial charge in [0.05, 0.1) is 13.2 Å². The van der Waals surface area contributed by atoms with Gasteiger partial charge in [0.2, 0.25) is 0 Å². The zero-order valence-corrected chi connectivity index (χ0v) is 17.9. The zero-order chi connectivity index (χ0) is 21.0. The van der Waals surface area contributed by atoms with Crippen LogP contribution in [-0.2, 0) is 16.9 Å². The van der Waals surface area contributed by atoms with E-state index in [-0.39, 0.29) is 18.7 Å². The molecule has 2 heterocycles. The minimum Gasteiger partial charge on any atom is -0.383 e. The monoisotopic (exact) mass is 461 g/mol. The van der Waals surface area contributed by atoms with Crippen LogP contribution < -0.4 is 0 Å². The molecule has 12 heteroatoms. The highest BCUT2D eigenvalue weighted by molar-refractivity contribution is 8.01. The Morgan fingerprint density at radius 1 is 1.41 bits per heavy atom. The van der Waals surface area contributed by atoms with Crippen molar-refractivity contribution in [2.45, 2.75) is 34.0 Å². The minimum atomic E-state index is -1.73. The van der Waals surface area contributed by atoms with Crippen molar-refractivity contribution in [3.05, 3.63) is 53.9 Å². The number of rotatable bonds is 9. The first-order valence-corrected chi connectivity index (χ1v) is 10.6. The molecule has 3 aromatic rings. The highest BCUT2D eigenvalue weighted by atomic mass is 35.5. The summed E-state index contributed by atoms with van der Waals surface area (Å²) in [6.07, 6.45) is 2.72. The molecule has 0 radical (unpaired) electrons. The van der Waals surface area contributed by atoms with Crippen molar-refractivity contribution in [1.29, 1.82) is 0 Å². The largest absolute Gasteiger partial charge is 0.383 e. The maximum absolute atomic E-state index is 14.6. The lowest BCUT2D eigenvalue weighted by molar-refractivity contribution is 0.0133. The molecule has 0 aliphatic carbocycles. The molecule has 0 aliphatic rings. The number of alkyl halides is 1. The van der Waals surface area contributed by atoms with Gasteiger partial charge in [0.1, 0.15) is 35.3 Å². The summed E-state index contributed by atoms with van der Waals surface area (Å²) < 4.78 is 39.1. The van der Waals surface area contributed by atoms with E-state index in [0.29, 0.717) is 10.2 Å². The van der Waals surface area contributed by atoms with Crippen LogP contribution in [0.4, 0.5) is 8.78 Å². The number of methoxy groups -OCH3 is 1. The van der Waals surface area contributed by atoms with Gasteiger partial charge in [0.15, 0.2) is 10.2 Å². The van der Waals surface area contributed by atoms with Gasteiger partial charge in [-0.25, -0.2) is 23.4 Å². The predicted molar refractivity (Wildman–Crippen MR) is 106 cm³/mol. The second-order valence-corrected chi connectivity index (χ2v) is 9.11. The van der Waals surface area contributed by atoms with E-state index < -0.39 is 27.9 Å². The Morgan fingerprint density at radius 2 is 2.21 bits per heavy atom. The zero-order valence-electron chi connectivity index (χ0n) is 15.5. The van der Waals surface area contributed by atoms with Crippen LogP contribution in [0, 0.1) is 11.6 Å². The van der Waals surface area contributed by atoms with Crippen LogP contribution in [0.1, 0.15) is 23.7 Å². The molecule has 0 bridgehead atoms. The van der Waals surface area contributed by atoms with Crippen LogP contribution in [0.2, 0.25) is 0 Å². The Hall–Kier alpha value is -1.66. The molecule has 1 unspecified atom stereocenters. The maximum atomic E-state index is 14.6. The molecule has 156 valence electrons. The Morgan fingerprint density at radius 3 is 2.86 bits per heavy atom. The summed E-state index contributed by atoms with van der Waals surface area (Å²) in [5.74, 6) is -1.16. The quantitative estimate of drug-likeness (QED) is 0.386. The number of benzene rings is 1. The second kappa shape index (κ2) is 9.43. The Labute approximate surface area is 179 Å². The lowest BCUT2D eigenvalue weighted by Crippen LogP contribution is -2.41. The van der Waals surface area contributed by atoms with Crippen molar-refractivity contribution in [2.75, 3.05) is 13.7 Å². The summed E-state index contributed by atoms with van der Waals surface area (Å²) in [7, 11) is 1.53. The van der Waals surface area contributed by atoms with Crippen LogP contribution in [0.3, 0.4) is 0 Å². The van der Waals surface area contributed by atoms with Crippen LogP contribution in [0.5, 0.6) is 0 Å². The molecule has 1 aromatic carbocycles. The Balaban J connectivity index is 1.89. The summed E-state index contributed by atoms with van der Waals surface area (Å²) in [5, 5.41) is 14.4. The number of aliphatic hydroxyl groups is 1. The third-order valence-electron chi connectivity index (χ3n) is 4.23.